The highest BCUT2D eigenvalue weighted by Crippen LogP contribution is 2.30. The van der Waals surface area contributed by atoms with E-state index < -0.39 is 10.8 Å². The summed E-state index contributed by atoms with van der Waals surface area (Å²) < 4.78 is 0.618. The van der Waals surface area contributed by atoms with Crippen LogP contribution in [0.25, 0.3) is 10.2 Å². The lowest BCUT2D eigenvalue weighted by molar-refractivity contribution is -0.384. The molecule has 9 heteroatoms. The van der Waals surface area contributed by atoms with Gasteiger partial charge in [-0.3, -0.25) is 19.7 Å². The van der Waals surface area contributed by atoms with E-state index in [4.69, 9.17) is 0 Å². The molecule has 8 nitrogen and oxygen atoms in total. The molecule has 27 heavy (non-hydrogen) atoms. The molecule has 2 aromatic carbocycles. The molecule has 2 amide bonds. The predicted molar refractivity (Wildman–Crippen MR) is 102 cm³/mol. The Hall–Kier alpha value is -3.33. The van der Waals surface area contributed by atoms with Gasteiger partial charge in [0.1, 0.15) is 0 Å². The van der Waals surface area contributed by atoms with Crippen molar-refractivity contribution in [3.05, 3.63) is 58.6 Å². The number of para-hydroxylation sites is 1. The van der Waals surface area contributed by atoms with Gasteiger partial charge in [-0.15, -0.1) is 0 Å². The molecule has 0 saturated carbocycles. The molecule has 136 valence electrons. The van der Waals surface area contributed by atoms with Crippen LogP contribution in [0.4, 0.5) is 16.5 Å². The van der Waals surface area contributed by atoms with E-state index in [1.165, 1.54) is 23.5 Å². The lowest BCUT2D eigenvalue weighted by Gasteiger charge is -2.16. The number of benzene rings is 2. The van der Waals surface area contributed by atoms with Crippen LogP contribution in [0, 0.1) is 16.0 Å². The molecular weight excluding hydrogens is 368 g/mol. The summed E-state index contributed by atoms with van der Waals surface area (Å²) in [5.74, 6) is -0.851. The lowest BCUT2D eigenvalue weighted by atomic mass is 10.1. The number of nitrogens with zero attached hydrogens (tertiary/aromatic N) is 3. The third-order valence-electron chi connectivity index (χ3n) is 4.38. The molecule has 1 aliphatic rings. The molecule has 4 rings (SSSR count). The minimum Gasteiger partial charge on any atom is -0.312 e. The number of hydrogen-bond acceptors (Lipinski definition) is 6. The largest absolute Gasteiger partial charge is 0.312 e. The van der Waals surface area contributed by atoms with E-state index in [1.54, 1.807) is 11.0 Å². The molecule has 0 radical (unpaired) electrons. The minimum absolute atomic E-state index is 0.0241. The summed E-state index contributed by atoms with van der Waals surface area (Å²) in [5, 5.41) is 14.0. The number of nitro benzene ring substituents is 1. The summed E-state index contributed by atoms with van der Waals surface area (Å²) in [7, 11) is 0. The summed E-state index contributed by atoms with van der Waals surface area (Å²) >= 11 is 1.17. The Kier molecular flexibility index (Phi) is 4.28. The standard InChI is InChI=1S/C18H14N4O4S/c23-16-8-11(10-21(16)12-4-2-1-3-5-12)17(24)20-18-19-14-7-6-13(22(25)26)9-15(14)27-18/h1-7,9,11H,8,10H2,(H,19,20,24). The second-order valence-corrected chi connectivity index (χ2v) is 7.19. The maximum absolute atomic E-state index is 12.6. The summed E-state index contributed by atoms with van der Waals surface area (Å²) in [6.07, 6.45) is 0.136. The molecule has 3 aromatic rings. The van der Waals surface area contributed by atoms with Gasteiger partial charge in [0.25, 0.3) is 5.69 Å². The highest BCUT2D eigenvalue weighted by molar-refractivity contribution is 7.22. The van der Waals surface area contributed by atoms with Gasteiger partial charge in [0.2, 0.25) is 11.8 Å². The van der Waals surface area contributed by atoms with Gasteiger partial charge in [0, 0.05) is 30.8 Å². The number of nitrogens with one attached hydrogen (secondary N) is 1. The summed E-state index contributed by atoms with van der Waals surface area (Å²) in [6, 6.07) is 13.6. The van der Waals surface area contributed by atoms with Gasteiger partial charge in [0.15, 0.2) is 5.13 Å². The third-order valence-corrected chi connectivity index (χ3v) is 5.31. The zero-order valence-electron chi connectivity index (χ0n) is 14.0. The number of aromatic nitrogens is 1. The van der Waals surface area contributed by atoms with Gasteiger partial charge in [-0.25, -0.2) is 4.98 Å². The van der Waals surface area contributed by atoms with Crippen LogP contribution >= 0.6 is 11.3 Å². The van der Waals surface area contributed by atoms with Crippen LogP contribution in [-0.2, 0) is 9.59 Å². The fraction of sp³-hybridized carbons (Fsp3) is 0.167. The number of thiazole rings is 1. The molecule has 0 spiro atoms. The second kappa shape index (κ2) is 6.76. The minimum atomic E-state index is -0.473. The van der Waals surface area contributed by atoms with Crippen LogP contribution in [0.3, 0.4) is 0 Å². The summed E-state index contributed by atoms with van der Waals surface area (Å²) in [6.45, 7) is 0.311. The number of carbonyl (C=O) groups is 2. The Balaban J connectivity index is 1.48. The van der Waals surface area contributed by atoms with E-state index >= 15 is 0 Å². The van der Waals surface area contributed by atoms with Crippen LogP contribution < -0.4 is 10.2 Å². The molecule has 1 atom stereocenters. The Morgan fingerprint density at radius 1 is 1.26 bits per heavy atom. The van der Waals surface area contributed by atoms with Crippen molar-refractivity contribution in [2.45, 2.75) is 6.42 Å². The lowest BCUT2D eigenvalue weighted by Crippen LogP contribution is -2.28. The summed E-state index contributed by atoms with van der Waals surface area (Å²) in [5.41, 5.74) is 1.32. The highest BCUT2D eigenvalue weighted by atomic mass is 32.1. The number of amides is 2. The first-order valence-electron chi connectivity index (χ1n) is 8.22. The van der Waals surface area contributed by atoms with Crippen molar-refractivity contribution in [1.29, 1.82) is 0 Å². The van der Waals surface area contributed by atoms with Crippen LogP contribution in [0.15, 0.2) is 48.5 Å². The van der Waals surface area contributed by atoms with Gasteiger partial charge >= 0.3 is 0 Å². The summed E-state index contributed by atoms with van der Waals surface area (Å²) in [4.78, 5) is 41.1. The molecule has 0 aliphatic carbocycles. The number of rotatable bonds is 4. The van der Waals surface area contributed by atoms with Crippen molar-refractivity contribution in [2.24, 2.45) is 5.92 Å². The smallest absolute Gasteiger partial charge is 0.270 e. The first-order chi connectivity index (χ1) is 13.0. The predicted octanol–water partition coefficient (Wildman–Crippen LogP) is 3.20. The van der Waals surface area contributed by atoms with Crippen LogP contribution in [0.5, 0.6) is 0 Å². The van der Waals surface area contributed by atoms with Gasteiger partial charge in [-0.05, 0) is 18.2 Å². The molecule has 1 aliphatic heterocycles. The number of anilines is 2. The van der Waals surface area contributed by atoms with Gasteiger partial charge in [-0.1, -0.05) is 29.5 Å². The molecule has 1 saturated heterocycles. The average molecular weight is 382 g/mol. The molecule has 1 aromatic heterocycles. The van der Waals surface area contributed by atoms with Crippen LogP contribution in [-0.4, -0.2) is 28.3 Å². The van der Waals surface area contributed by atoms with E-state index in [1.807, 2.05) is 30.3 Å². The van der Waals surface area contributed by atoms with Crippen molar-refractivity contribution >= 4 is 49.9 Å². The molecule has 2 heterocycles. The number of fused-ring (bicyclic) bond motifs is 1. The van der Waals surface area contributed by atoms with E-state index in [2.05, 4.69) is 10.3 Å². The Morgan fingerprint density at radius 3 is 2.78 bits per heavy atom. The van der Waals surface area contributed by atoms with Gasteiger partial charge in [0.05, 0.1) is 21.1 Å². The molecule has 1 unspecified atom stereocenters. The van der Waals surface area contributed by atoms with E-state index in [0.29, 0.717) is 21.9 Å². The number of non-ortho nitro benzene ring substituents is 1. The van der Waals surface area contributed by atoms with Gasteiger partial charge < -0.3 is 10.2 Å². The van der Waals surface area contributed by atoms with Crippen molar-refractivity contribution in [1.82, 2.24) is 4.98 Å². The van der Waals surface area contributed by atoms with Crippen molar-refractivity contribution in [3.8, 4) is 0 Å². The normalized spacial score (nSPS) is 16.7. The fourth-order valence-electron chi connectivity index (χ4n) is 3.03. The van der Waals surface area contributed by atoms with E-state index in [9.17, 15) is 19.7 Å². The third kappa shape index (κ3) is 3.36. The maximum Gasteiger partial charge on any atom is 0.270 e. The number of hydrogen-bond donors (Lipinski definition) is 1. The fourth-order valence-corrected chi connectivity index (χ4v) is 3.93. The van der Waals surface area contributed by atoms with Crippen molar-refractivity contribution in [2.75, 3.05) is 16.8 Å². The molecule has 1 fully saturated rings. The Bertz CT molecular complexity index is 1050. The average Bonchev–Trinajstić information content (AvgIpc) is 3.24. The topological polar surface area (TPSA) is 105 Å². The molecule has 0 bridgehead atoms. The number of nitro groups is 1. The monoisotopic (exact) mass is 382 g/mol. The van der Waals surface area contributed by atoms with Crippen LogP contribution in [0.2, 0.25) is 0 Å². The zero-order valence-corrected chi connectivity index (χ0v) is 14.8. The highest BCUT2D eigenvalue weighted by Gasteiger charge is 2.35. The van der Waals surface area contributed by atoms with Crippen LogP contribution in [0.1, 0.15) is 6.42 Å². The number of carbonyl (C=O) groups excluding carboxylic acids is 2. The quantitative estimate of drug-likeness (QED) is 0.551. The second-order valence-electron chi connectivity index (χ2n) is 6.16. The molecular formula is C18H14N4O4S. The zero-order chi connectivity index (χ0) is 19.0. The van der Waals surface area contributed by atoms with E-state index in [0.717, 1.165) is 5.69 Å². The maximum atomic E-state index is 12.6. The van der Waals surface area contributed by atoms with E-state index in [-0.39, 0.29) is 23.9 Å². The Labute approximate surface area is 157 Å². The first kappa shape index (κ1) is 17.1. The SMILES string of the molecule is O=C(Nc1nc2ccc([N+](=O)[O-])cc2s1)C1CC(=O)N(c2ccccc2)C1. The first-order valence-corrected chi connectivity index (χ1v) is 9.04. The Morgan fingerprint density at radius 2 is 2.04 bits per heavy atom. The van der Waals surface area contributed by atoms with Gasteiger partial charge in [-0.2, -0.15) is 0 Å². The van der Waals surface area contributed by atoms with Crippen molar-refractivity contribution in [3.63, 3.8) is 0 Å². The van der Waals surface area contributed by atoms with Crippen molar-refractivity contribution < 1.29 is 14.5 Å². The molecule has 1 N–H and O–H groups in total.